The molecule has 1 aliphatic heterocycles. The maximum atomic E-state index is 13.0. The van der Waals surface area contributed by atoms with Gasteiger partial charge in [0, 0.05) is 6.54 Å². The molecule has 0 amide bonds. The van der Waals surface area contributed by atoms with Crippen molar-refractivity contribution in [2.75, 3.05) is 27.2 Å². The van der Waals surface area contributed by atoms with Gasteiger partial charge in [-0.2, -0.15) is 0 Å². The first-order chi connectivity index (χ1) is 4.72. The van der Waals surface area contributed by atoms with Crippen LogP contribution < -0.4 is 5.32 Å². The summed E-state index contributed by atoms with van der Waals surface area (Å²) < 4.78 is 13.0. The van der Waals surface area contributed by atoms with Crippen molar-refractivity contribution in [2.24, 2.45) is 0 Å². The van der Waals surface area contributed by atoms with E-state index in [1.807, 2.05) is 19.0 Å². The summed E-state index contributed by atoms with van der Waals surface area (Å²) >= 11 is 0. The highest BCUT2D eigenvalue weighted by molar-refractivity contribution is 5.85. The second kappa shape index (κ2) is 4.91. The van der Waals surface area contributed by atoms with Crippen LogP contribution in [0.4, 0.5) is 4.39 Å². The highest BCUT2D eigenvalue weighted by Gasteiger charge is 2.25. The quantitative estimate of drug-likeness (QED) is 0.642. The second-order valence-electron chi connectivity index (χ2n) is 3.04. The van der Waals surface area contributed by atoms with E-state index in [1.54, 1.807) is 0 Å². The average Bonchev–Trinajstić information content (AvgIpc) is 1.88. The molecule has 1 saturated heterocycles. The Hall–Kier alpha value is 0.140. The average molecular weight is 183 g/mol. The van der Waals surface area contributed by atoms with E-state index in [1.165, 1.54) is 0 Å². The molecule has 1 aliphatic rings. The van der Waals surface area contributed by atoms with Gasteiger partial charge in [-0.3, -0.25) is 0 Å². The summed E-state index contributed by atoms with van der Waals surface area (Å²) in [5.74, 6) is 0. The Morgan fingerprint density at radius 2 is 2.09 bits per heavy atom. The van der Waals surface area contributed by atoms with Gasteiger partial charge in [0.05, 0.1) is 6.04 Å². The van der Waals surface area contributed by atoms with Crippen LogP contribution in [0.15, 0.2) is 0 Å². The maximum absolute atomic E-state index is 13.0. The topological polar surface area (TPSA) is 15.3 Å². The van der Waals surface area contributed by atoms with Crippen molar-refractivity contribution in [1.82, 2.24) is 10.2 Å². The van der Waals surface area contributed by atoms with Crippen LogP contribution in [0.25, 0.3) is 0 Å². The third-order valence-corrected chi connectivity index (χ3v) is 2.03. The molecule has 1 rings (SSSR count). The molecule has 4 heteroatoms. The van der Waals surface area contributed by atoms with Crippen molar-refractivity contribution in [3.8, 4) is 0 Å². The van der Waals surface area contributed by atoms with Gasteiger partial charge < -0.3 is 10.2 Å². The molecule has 11 heavy (non-hydrogen) atoms. The molecule has 0 saturated carbocycles. The lowest BCUT2D eigenvalue weighted by Gasteiger charge is -2.31. The van der Waals surface area contributed by atoms with Gasteiger partial charge in [0.1, 0.15) is 6.17 Å². The van der Waals surface area contributed by atoms with Crippen molar-refractivity contribution >= 4 is 12.4 Å². The zero-order valence-corrected chi connectivity index (χ0v) is 7.83. The SMILES string of the molecule is CN(C)C1CNCCC1F.Cl. The van der Waals surface area contributed by atoms with Gasteiger partial charge in [-0.25, -0.2) is 4.39 Å². The Labute approximate surface area is 73.6 Å². The van der Waals surface area contributed by atoms with Crippen LogP contribution in [0.2, 0.25) is 0 Å². The third-order valence-electron chi connectivity index (χ3n) is 2.03. The van der Waals surface area contributed by atoms with E-state index in [0.717, 1.165) is 13.1 Å². The van der Waals surface area contributed by atoms with Crippen LogP contribution in [-0.2, 0) is 0 Å². The minimum atomic E-state index is -0.642. The van der Waals surface area contributed by atoms with Gasteiger partial charge in [0.2, 0.25) is 0 Å². The molecule has 0 radical (unpaired) electrons. The van der Waals surface area contributed by atoms with Gasteiger partial charge in [-0.15, -0.1) is 12.4 Å². The fraction of sp³-hybridized carbons (Fsp3) is 1.00. The van der Waals surface area contributed by atoms with Crippen LogP contribution in [0.5, 0.6) is 0 Å². The lowest BCUT2D eigenvalue weighted by Crippen LogP contribution is -2.49. The van der Waals surface area contributed by atoms with E-state index in [9.17, 15) is 4.39 Å². The van der Waals surface area contributed by atoms with E-state index < -0.39 is 6.17 Å². The van der Waals surface area contributed by atoms with Gasteiger partial charge >= 0.3 is 0 Å². The van der Waals surface area contributed by atoms with Crippen LogP contribution in [0.1, 0.15) is 6.42 Å². The summed E-state index contributed by atoms with van der Waals surface area (Å²) in [6.07, 6.45) is 0.0132. The van der Waals surface area contributed by atoms with Crippen molar-refractivity contribution in [3.05, 3.63) is 0 Å². The number of piperidine rings is 1. The summed E-state index contributed by atoms with van der Waals surface area (Å²) in [5, 5.41) is 3.16. The molecular weight excluding hydrogens is 167 g/mol. The first-order valence-corrected chi connectivity index (χ1v) is 3.73. The molecule has 0 spiro atoms. The molecule has 1 N–H and O–H groups in total. The first kappa shape index (κ1) is 11.1. The number of nitrogens with zero attached hydrogens (tertiary/aromatic N) is 1. The van der Waals surface area contributed by atoms with Crippen LogP contribution >= 0.6 is 12.4 Å². The summed E-state index contributed by atoms with van der Waals surface area (Å²) in [5.41, 5.74) is 0. The summed E-state index contributed by atoms with van der Waals surface area (Å²) in [6.45, 7) is 1.61. The van der Waals surface area contributed by atoms with Gasteiger partial charge in [-0.05, 0) is 27.1 Å². The minimum absolute atomic E-state index is 0. The van der Waals surface area contributed by atoms with Crippen molar-refractivity contribution < 1.29 is 4.39 Å². The molecule has 0 aliphatic carbocycles. The molecule has 2 unspecified atom stereocenters. The maximum Gasteiger partial charge on any atom is 0.118 e. The first-order valence-electron chi connectivity index (χ1n) is 3.73. The Balaban J connectivity index is 0.000001000. The fourth-order valence-corrected chi connectivity index (χ4v) is 1.32. The van der Waals surface area contributed by atoms with Crippen LogP contribution in [0, 0.1) is 0 Å². The molecule has 1 heterocycles. The van der Waals surface area contributed by atoms with Crippen LogP contribution in [0.3, 0.4) is 0 Å². The molecule has 1 fully saturated rings. The molecule has 0 aromatic carbocycles. The van der Waals surface area contributed by atoms with Crippen LogP contribution in [-0.4, -0.2) is 44.3 Å². The Kier molecular flexibility index (Phi) is 4.97. The lowest BCUT2D eigenvalue weighted by molar-refractivity contribution is 0.125. The number of hydrogen-bond acceptors (Lipinski definition) is 2. The molecule has 0 aromatic heterocycles. The molecule has 0 bridgehead atoms. The van der Waals surface area contributed by atoms with E-state index in [4.69, 9.17) is 0 Å². The third kappa shape index (κ3) is 2.93. The van der Waals surface area contributed by atoms with Gasteiger partial charge in [0.25, 0.3) is 0 Å². The molecule has 0 aromatic rings. The Morgan fingerprint density at radius 3 is 2.45 bits per heavy atom. The number of hydrogen-bond donors (Lipinski definition) is 1. The van der Waals surface area contributed by atoms with E-state index in [-0.39, 0.29) is 18.4 Å². The highest BCUT2D eigenvalue weighted by atomic mass is 35.5. The molecule has 2 nitrogen and oxygen atoms in total. The van der Waals surface area contributed by atoms with Crippen molar-refractivity contribution in [3.63, 3.8) is 0 Å². The minimum Gasteiger partial charge on any atom is -0.315 e. The zero-order valence-electron chi connectivity index (χ0n) is 7.01. The fourth-order valence-electron chi connectivity index (χ4n) is 1.32. The predicted octanol–water partition coefficient (Wildman–Crippen LogP) is 0.670. The number of nitrogens with one attached hydrogen (secondary N) is 1. The molecular formula is C7H16ClFN2. The largest absolute Gasteiger partial charge is 0.315 e. The standard InChI is InChI=1S/C7H15FN2.ClH/c1-10(2)7-5-9-4-3-6(7)8;/h6-7,9H,3-5H2,1-2H3;1H. The number of likely N-dealkylation sites (N-methyl/N-ethyl adjacent to an activating group) is 1. The monoisotopic (exact) mass is 182 g/mol. The summed E-state index contributed by atoms with van der Waals surface area (Å²) in [4.78, 5) is 1.94. The molecule has 2 atom stereocenters. The number of alkyl halides is 1. The van der Waals surface area contributed by atoms with Gasteiger partial charge in [-0.1, -0.05) is 0 Å². The Morgan fingerprint density at radius 1 is 1.45 bits per heavy atom. The zero-order chi connectivity index (χ0) is 7.56. The number of halogens is 2. The highest BCUT2D eigenvalue weighted by Crippen LogP contribution is 2.11. The van der Waals surface area contributed by atoms with E-state index in [0.29, 0.717) is 6.42 Å². The normalized spacial score (nSPS) is 31.6. The van der Waals surface area contributed by atoms with Gasteiger partial charge in [0.15, 0.2) is 0 Å². The summed E-state index contributed by atoms with van der Waals surface area (Å²) in [7, 11) is 3.84. The van der Waals surface area contributed by atoms with E-state index in [2.05, 4.69) is 5.32 Å². The van der Waals surface area contributed by atoms with Crippen molar-refractivity contribution in [2.45, 2.75) is 18.6 Å². The summed E-state index contributed by atoms with van der Waals surface area (Å²) in [6, 6.07) is 0.0775. The number of rotatable bonds is 1. The van der Waals surface area contributed by atoms with Crippen molar-refractivity contribution in [1.29, 1.82) is 0 Å². The smallest absolute Gasteiger partial charge is 0.118 e. The lowest BCUT2D eigenvalue weighted by atomic mass is 10.1. The second-order valence-corrected chi connectivity index (χ2v) is 3.04. The predicted molar refractivity (Wildman–Crippen MR) is 47.1 cm³/mol. The van der Waals surface area contributed by atoms with E-state index >= 15 is 0 Å². The molecule has 68 valence electrons. The Bertz CT molecular complexity index is 111.